The highest BCUT2D eigenvalue weighted by Crippen LogP contribution is 2.27. The number of pyridine rings is 1. The zero-order valence-corrected chi connectivity index (χ0v) is 19.1. The van der Waals surface area contributed by atoms with E-state index in [2.05, 4.69) is 48.6 Å². The van der Waals surface area contributed by atoms with Crippen LogP contribution in [0.4, 0.5) is 0 Å². The van der Waals surface area contributed by atoms with Gasteiger partial charge in [0.25, 0.3) is 5.91 Å². The molecule has 2 heterocycles. The van der Waals surface area contributed by atoms with E-state index in [9.17, 15) is 4.79 Å². The third kappa shape index (κ3) is 5.26. The first-order chi connectivity index (χ1) is 16.0. The van der Waals surface area contributed by atoms with Gasteiger partial charge in [-0.2, -0.15) is 5.10 Å². The molecule has 2 aromatic heterocycles. The quantitative estimate of drug-likeness (QED) is 0.255. The van der Waals surface area contributed by atoms with Gasteiger partial charge in [0.1, 0.15) is 5.76 Å². The van der Waals surface area contributed by atoms with Crippen molar-refractivity contribution in [2.75, 3.05) is 0 Å². The number of fused-ring (bicyclic) bond motifs is 1. The Kier molecular flexibility index (Phi) is 6.79. The Morgan fingerprint density at radius 1 is 1.12 bits per heavy atom. The summed E-state index contributed by atoms with van der Waals surface area (Å²) in [4.78, 5) is 17.8. The van der Waals surface area contributed by atoms with Crippen LogP contribution in [0.15, 0.2) is 88.1 Å². The van der Waals surface area contributed by atoms with Gasteiger partial charge in [-0.15, -0.1) is 0 Å². The second-order valence-electron chi connectivity index (χ2n) is 8.11. The Balaban J connectivity index is 1.61. The molecule has 2 aromatic carbocycles. The maximum Gasteiger partial charge on any atom is 0.272 e. The smallest absolute Gasteiger partial charge is 0.272 e. The van der Waals surface area contributed by atoms with Gasteiger partial charge in [0.05, 0.1) is 29.3 Å². The molecule has 0 saturated heterocycles. The van der Waals surface area contributed by atoms with Gasteiger partial charge >= 0.3 is 0 Å². The predicted octanol–water partition coefficient (Wildman–Crippen LogP) is 6.83. The third-order valence-electron chi connectivity index (χ3n) is 5.70. The van der Waals surface area contributed by atoms with Gasteiger partial charge in [0.2, 0.25) is 0 Å². The Bertz CT molecular complexity index is 1300. The minimum absolute atomic E-state index is 0.284. The van der Waals surface area contributed by atoms with Gasteiger partial charge in [-0.25, -0.2) is 10.4 Å². The van der Waals surface area contributed by atoms with Crippen molar-refractivity contribution in [3.8, 4) is 11.3 Å². The fourth-order valence-corrected chi connectivity index (χ4v) is 3.62. The molecule has 1 amide bonds. The van der Waals surface area contributed by atoms with Crippen molar-refractivity contribution in [2.24, 2.45) is 5.10 Å². The maximum atomic E-state index is 13.0. The van der Waals surface area contributed by atoms with Crippen LogP contribution in [0.3, 0.4) is 0 Å². The summed E-state index contributed by atoms with van der Waals surface area (Å²) < 4.78 is 5.30. The zero-order chi connectivity index (χ0) is 23.2. The number of benzene rings is 2. The lowest BCUT2D eigenvalue weighted by Gasteiger charge is -2.11. The van der Waals surface area contributed by atoms with Crippen molar-refractivity contribution in [1.29, 1.82) is 0 Å². The molecular formula is C28H27N3O2. The highest BCUT2D eigenvalue weighted by atomic mass is 16.3. The number of hydrazone groups is 1. The SMILES string of the molecule is CCC(C)c1ccc(-c2cc(C(=O)NN=CC(C)=Cc3ccco3)c3ccccc3n2)cc1. The van der Waals surface area contributed by atoms with E-state index in [1.165, 1.54) is 5.56 Å². The molecule has 0 fully saturated rings. The summed E-state index contributed by atoms with van der Waals surface area (Å²) >= 11 is 0. The number of nitrogens with one attached hydrogen (secondary N) is 1. The molecule has 166 valence electrons. The molecule has 0 radical (unpaired) electrons. The van der Waals surface area contributed by atoms with E-state index in [0.29, 0.717) is 11.5 Å². The van der Waals surface area contributed by atoms with Crippen molar-refractivity contribution >= 4 is 29.1 Å². The first kappa shape index (κ1) is 22.2. The average molecular weight is 438 g/mol. The minimum atomic E-state index is -0.284. The topological polar surface area (TPSA) is 67.5 Å². The molecule has 0 bridgehead atoms. The van der Waals surface area contributed by atoms with Gasteiger partial charge < -0.3 is 4.42 Å². The third-order valence-corrected chi connectivity index (χ3v) is 5.70. The number of aromatic nitrogens is 1. The fourth-order valence-electron chi connectivity index (χ4n) is 3.62. The van der Waals surface area contributed by atoms with Crippen LogP contribution >= 0.6 is 0 Å². The molecule has 5 nitrogen and oxygen atoms in total. The van der Waals surface area contributed by atoms with Crippen LogP contribution in [0, 0.1) is 0 Å². The van der Waals surface area contributed by atoms with E-state index in [0.717, 1.165) is 39.9 Å². The molecule has 0 aliphatic carbocycles. The molecule has 1 N–H and O–H groups in total. The summed E-state index contributed by atoms with van der Waals surface area (Å²) in [6, 6.07) is 21.6. The number of hydrogen-bond donors (Lipinski definition) is 1. The summed E-state index contributed by atoms with van der Waals surface area (Å²) in [5.74, 6) is 0.954. The summed E-state index contributed by atoms with van der Waals surface area (Å²) in [5.41, 5.74) is 7.83. The Morgan fingerprint density at radius 3 is 2.64 bits per heavy atom. The Hall–Kier alpha value is -3.99. The molecule has 5 heteroatoms. The first-order valence-corrected chi connectivity index (χ1v) is 11.1. The molecular weight excluding hydrogens is 410 g/mol. The summed E-state index contributed by atoms with van der Waals surface area (Å²) in [7, 11) is 0. The standard InChI is InChI=1S/C28H27N3O2/c1-4-20(3)21-11-13-22(14-12-21)27-17-25(24-9-5-6-10-26(24)30-27)28(32)31-29-18-19(2)16-23-8-7-15-33-23/h5-18,20H,4H2,1-3H3,(H,31,32). The van der Waals surface area contributed by atoms with E-state index in [-0.39, 0.29) is 5.91 Å². The first-order valence-electron chi connectivity index (χ1n) is 11.1. The molecule has 33 heavy (non-hydrogen) atoms. The van der Waals surface area contributed by atoms with E-state index in [1.807, 2.05) is 55.5 Å². The molecule has 1 unspecified atom stereocenters. The maximum absolute atomic E-state index is 13.0. The van der Waals surface area contributed by atoms with Gasteiger partial charge in [-0.1, -0.05) is 56.3 Å². The summed E-state index contributed by atoms with van der Waals surface area (Å²) in [6.45, 7) is 6.30. The second kappa shape index (κ2) is 10.1. The van der Waals surface area contributed by atoms with Crippen LogP contribution in [0.1, 0.15) is 54.8 Å². The molecule has 0 aliphatic rings. The number of carbonyl (C=O) groups is 1. The molecule has 4 aromatic rings. The number of rotatable bonds is 7. The number of allylic oxidation sites excluding steroid dienone is 1. The number of carbonyl (C=O) groups excluding carboxylic acids is 1. The fraction of sp³-hybridized carbons (Fsp3) is 0.179. The lowest BCUT2D eigenvalue weighted by molar-refractivity contribution is 0.0956. The van der Waals surface area contributed by atoms with Crippen LogP contribution in [0.2, 0.25) is 0 Å². The van der Waals surface area contributed by atoms with Crippen LogP contribution in [-0.4, -0.2) is 17.1 Å². The average Bonchev–Trinajstić information content (AvgIpc) is 3.35. The molecule has 0 aliphatic heterocycles. The summed E-state index contributed by atoms with van der Waals surface area (Å²) in [6.07, 6.45) is 6.15. The van der Waals surface area contributed by atoms with Gasteiger partial charge in [-0.05, 0) is 60.7 Å². The van der Waals surface area contributed by atoms with Crippen molar-refractivity contribution in [1.82, 2.24) is 10.4 Å². The highest BCUT2D eigenvalue weighted by molar-refractivity contribution is 6.07. The van der Waals surface area contributed by atoms with Gasteiger partial charge in [0, 0.05) is 10.9 Å². The number of para-hydroxylation sites is 1. The molecule has 1 atom stereocenters. The van der Waals surface area contributed by atoms with E-state index in [4.69, 9.17) is 9.40 Å². The largest absolute Gasteiger partial charge is 0.465 e. The number of hydrogen-bond acceptors (Lipinski definition) is 4. The number of amides is 1. The summed E-state index contributed by atoms with van der Waals surface area (Å²) in [5, 5.41) is 4.91. The van der Waals surface area contributed by atoms with Crippen molar-refractivity contribution in [3.05, 3.63) is 95.5 Å². The zero-order valence-electron chi connectivity index (χ0n) is 19.1. The minimum Gasteiger partial charge on any atom is -0.465 e. The van der Waals surface area contributed by atoms with E-state index in [1.54, 1.807) is 12.5 Å². The molecule has 4 rings (SSSR count). The molecule has 0 spiro atoms. The lowest BCUT2D eigenvalue weighted by Crippen LogP contribution is -2.18. The van der Waals surface area contributed by atoms with Crippen molar-refractivity contribution in [3.63, 3.8) is 0 Å². The monoisotopic (exact) mass is 437 g/mol. The lowest BCUT2D eigenvalue weighted by atomic mass is 9.96. The number of furan rings is 1. The van der Waals surface area contributed by atoms with E-state index < -0.39 is 0 Å². The second-order valence-corrected chi connectivity index (χ2v) is 8.11. The van der Waals surface area contributed by atoms with Gasteiger partial charge in [-0.3, -0.25) is 4.79 Å². The predicted molar refractivity (Wildman–Crippen MR) is 134 cm³/mol. The number of nitrogens with zero attached hydrogens (tertiary/aromatic N) is 2. The van der Waals surface area contributed by atoms with E-state index >= 15 is 0 Å². The van der Waals surface area contributed by atoms with Crippen LogP contribution in [0.25, 0.3) is 28.2 Å². The van der Waals surface area contributed by atoms with Crippen molar-refractivity contribution in [2.45, 2.75) is 33.1 Å². The molecule has 0 saturated carbocycles. The Labute approximate surface area is 193 Å². The van der Waals surface area contributed by atoms with Crippen LogP contribution < -0.4 is 5.43 Å². The van der Waals surface area contributed by atoms with Crippen LogP contribution in [0.5, 0.6) is 0 Å². The van der Waals surface area contributed by atoms with Crippen LogP contribution in [-0.2, 0) is 0 Å². The Morgan fingerprint density at radius 2 is 1.91 bits per heavy atom. The van der Waals surface area contributed by atoms with Gasteiger partial charge in [0.15, 0.2) is 0 Å². The highest BCUT2D eigenvalue weighted by Gasteiger charge is 2.14. The van der Waals surface area contributed by atoms with Crippen molar-refractivity contribution < 1.29 is 9.21 Å². The normalized spacial score (nSPS) is 12.9.